The van der Waals surface area contributed by atoms with Crippen LogP contribution in [0.25, 0.3) is 0 Å². The predicted molar refractivity (Wildman–Crippen MR) is 122 cm³/mol. The summed E-state index contributed by atoms with van der Waals surface area (Å²) < 4.78 is 13.0. The van der Waals surface area contributed by atoms with Crippen molar-refractivity contribution in [2.75, 3.05) is 51.1 Å². The molecule has 32 heavy (non-hydrogen) atoms. The first kappa shape index (κ1) is 22.4. The maximum atomic E-state index is 13.0. The van der Waals surface area contributed by atoms with Gasteiger partial charge < -0.3 is 10.2 Å². The number of halogens is 1. The summed E-state index contributed by atoms with van der Waals surface area (Å²) in [5.41, 5.74) is 1.90. The molecule has 6 nitrogen and oxygen atoms in total. The lowest BCUT2D eigenvalue weighted by Crippen LogP contribution is -2.51. The van der Waals surface area contributed by atoms with Crippen LogP contribution in [0.5, 0.6) is 0 Å². The van der Waals surface area contributed by atoms with E-state index in [1.807, 2.05) is 11.0 Å². The molecule has 0 aromatic heterocycles. The van der Waals surface area contributed by atoms with E-state index in [2.05, 4.69) is 39.4 Å². The van der Waals surface area contributed by atoms with Crippen molar-refractivity contribution in [1.82, 2.24) is 14.7 Å². The topological polar surface area (TPSA) is 55.9 Å². The lowest BCUT2D eigenvalue weighted by Gasteiger charge is -2.38. The third-order valence-corrected chi connectivity index (χ3v) is 6.36. The van der Waals surface area contributed by atoms with Gasteiger partial charge in [0.05, 0.1) is 6.54 Å². The Morgan fingerprint density at radius 2 is 1.50 bits per heavy atom. The van der Waals surface area contributed by atoms with Crippen LogP contribution in [0.15, 0.2) is 54.6 Å². The molecule has 0 spiro atoms. The Morgan fingerprint density at radius 1 is 0.844 bits per heavy atom. The molecule has 0 atom stereocenters. The Kier molecular flexibility index (Phi) is 7.50. The third-order valence-electron chi connectivity index (χ3n) is 6.36. The van der Waals surface area contributed by atoms with Gasteiger partial charge in [-0.3, -0.25) is 19.4 Å². The highest BCUT2D eigenvalue weighted by atomic mass is 19.1. The highest BCUT2D eigenvalue weighted by molar-refractivity contribution is 5.92. The Labute approximate surface area is 189 Å². The van der Waals surface area contributed by atoms with Crippen molar-refractivity contribution in [3.63, 3.8) is 0 Å². The highest BCUT2D eigenvalue weighted by Gasteiger charge is 2.30. The maximum absolute atomic E-state index is 13.0. The molecule has 2 aromatic carbocycles. The first-order valence-electron chi connectivity index (χ1n) is 11.4. The van der Waals surface area contributed by atoms with Crippen LogP contribution in [0.3, 0.4) is 0 Å². The van der Waals surface area contributed by atoms with E-state index in [1.165, 1.54) is 17.7 Å². The minimum absolute atomic E-state index is 0.0482. The number of carbonyl (C=O) groups is 2. The second kappa shape index (κ2) is 10.7. The van der Waals surface area contributed by atoms with Crippen LogP contribution in [0, 0.1) is 11.7 Å². The molecule has 0 unspecified atom stereocenters. The van der Waals surface area contributed by atoms with Crippen molar-refractivity contribution in [3.8, 4) is 0 Å². The molecule has 170 valence electrons. The quantitative estimate of drug-likeness (QED) is 0.754. The van der Waals surface area contributed by atoms with Crippen molar-refractivity contribution in [1.29, 1.82) is 0 Å². The minimum Gasteiger partial charge on any atom is -0.340 e. The van der Waals surface area contributed by atoms with Crippen molar-refractivity contribution < 1.29 is 14.0 Å². The predicted octanol–water partition coefficient (Wildman–Crippen LogP) is 2.82. The summed E-state index contributed by atoms with van der Waals surface area (Å²) in [6.45, 7) is 6.07. The number of benzene rings is 2. The second-order valence-electron chi connectivity index (χ2n) is 8.69. The molecular weight excluding hydrogens is 407 g/mol. The fourth-order valence-corrected chi connectivity index (χ4v) is 4.50. The number of rotatable bonds is 6. The summed E-state index contributed by atoms with van der Waals surface area (Å²) >= 11 is 0. The van der Waals surface area contributed by atoms with Crippen LogP contribution in [-0.4, -0.2) is 72.3 Å². The molecule has 2 aliphatic heterocycles. The molecule has 2 heterocycles. The van der Waals surface area contributed by atoms with Crippen molar-refractivity contribution >= 4 is 17.5 Å². The van der Waals surface area contributed by atoms with Crippen molar-refractivity contribution in [3.05, 3.63) is 66.0 Å². The largest absolute Gasteiger partial charge is 0.340 e. The number of anilines is 1. The summed E-state index contributed by atoms with van der Waals surface area (Å²) in [6, 6.07) is 16.2. The van der Waals surface area contributed by atoms with Crippen molar-refractivity contribution in [2.24, 2.45) is 5.92 Å². The van der Waals surface area contributed by atoms with Gasteiger partial charge in [-0.2, -0.15) is 0 Å². The first-order valence-corrected chi connectivity index (χ1v) is 11.4. The van der Waals surface area contributed by atoms with E-state index in [0.29, 0.717) is 5.69 Å². The van der Waals surface area contributed by atoms with Gasteiger partial charge in [-0.1, -0.05) is 30.3 Å². The number of likely N-dealkylation sites (tertiary alicyclic amines) is 1. The number of amides is 2. The Bertz CT molecular complexity index is 890. The molecular formula is C25H31FN4O2. The monoisotopic (exact) mass is 438 g/mol. The summed E-state index contributed by atoms with van der Waals surface area (Å²) in [5.74, 6) is -0.130. The molecule has 2 saturated heterocycles. The SMILES string of the molecule is O=C(CN1CCC(C(=O)N2CCN(Cc3ccccc3)CC2)CC1)Nc1ccc(F)cc1. The molecule has 7 heteroatoms. The molecule has 0 radical (unpaired) electrons. The number of hydrogen-bond acceptors (Lipinski definition) is 4. The van der Waals surface area contributed by atoms with Gasteiger partial charge in [-0.25, -0.2) is 4.39 Å². The third kappa shape index (κ3) is 6.14. The maximum Gasteiger partial charge on any atom is 0.238 e. The smallest absolute Gasteiger partial charge is 0.238 e. The molecule has 2 aliphatic rings. The van der Waals surface area contributed by atoms with Gasteiger partial charge in [0.1, 0.15) is 5.82 Å². The van der Waals surface area contributed by atoms with E-state index >= 15 is 0 Å². The standard InChI is InChI=1S/C25H31FN4O2/c26-22-6-8-23(9-7-22)27-24(31)19-28-12-10-21(11-13-28)25(32)30-16-14-29(15-17-30)18-20-4-2-1-3-5-20/h1-9,21H,10-19H2,(H,27,31). The van der Waals surface area contributed by atoms with E-state index < -0.39 is 0 Å². The van der Waals surface area contributed by atoms with Gasteiger partial charge in [0.2, 0.25) is 11.8 Å². The van der Waals surface area contributed by atoms with Gasteiger partial charge >= 0.3 is 0 Å². The van der Waals surface area contributed by atoms with Gasteiger partial charge in [0, 0.05) is 44.3 Å². The summed E-state index contributed by atoms with van der Waals surface area (Å²) in [6.07, 6.45) is 1.57. The second-order valence-corrected chi connectivity index (χ2v) is 8.69. The van der Waals surface area contributed by atoms with E-state index in [0.717, 1.165) is 58.7 Å². The molecule has 4 rings (SSSR count). The molecule has 2 aromatic rings. The normalized spacial score (nSPS) is 18.5. The Morgan fingerprint density at radius 3 is 2.16 bits per heavy atom. The number of hydrogen-bond donors (Lipinski definition) is 1. The lowest BCUT2D eigenvalue weighted by molar-refractivity contribution is -0.139. The van der Waals surface area contributed by atoms with Crippen LogP contribution in [-0.2, 0) is 16.1 Å². The highest BCUT2D eigenvalue weighted by Crippen LogP contribution is 2.21. The number of nitrogens with zero attached hydrogens (tertiary/aromatic N) is 3. The zero-order chi connectivity index (χ0) is 22.3. The van der Waals surface area contributed by atoms with Crippen LogP contribution >= 0.6 is 0 Å². The van der Waals surface area contributed by atoms with Gasteiger partial charge in [-0.15, -0.1) is 0 Å². The minimum atomic E-state index is -0.327. The van der Waals surface area contributed by atoms with E-state index in [9.17, 15) is 14.0 Å². The van der Waals surface area contributed by atoms with Crippen molar-refractivity contribution in [2.45, 2.75) is 19.4 Å². The molecule has 0 bridgehead atoms. The average molecular weight is 439 g/mol. The number of carbonyl (C=O) groups excluding carboxylic acids is 2. The molecule has 0 saturated carbocycles. The summed E-state index contributed by atoms with van der Waals surface area (Å²) in [4.78, 5) is 31.8. The zero-order valence-electron chi connectivity index (χ0n) is 18.4. The van der Waals surface area contributed by atoms with E-state index in [-0.39, 0.29) is 30.1 Å². The Hall–Kier alpha value is -2.77. The average Bonchev–Trinajstić information content (AvgIpc) is 2.82. The molecule has 0 aliphatic carbocycles. The Balaban J connectivity index is 1.17. The molecule has 1 N–H and O–H groups in total. The fourth-order valence-electron chi connectivity index (χ4n) is 4.50. The van der Waals surface area contributed by atoms with Crippen LogP contribution in [0.4, 0.5) is 10.1 Å². The van der Waals surface area contributed by atoms with Crippen LogP contribution in [0.1, 0.15) is 18.4 Å². The van der Waals surface area contributed by atoms with Gasteiger partial charge in [0.25, 0.3) is 0 Å². The van der Waals surface area contributed by atoms with Gasteiger partial charge in [0.15, 0.2) is 0 Å². The summed E-state index contributed by atoms with van der Waals surface area (Å²) in [7, 11) is 0. The number of piperidine rings is 1. The zero-order valence-corrected chi connectivity index (χ0v) is 18.4. The first-order chi connectivity index (χ1) is 15.6. The fraction of sp³-hybridized carbons (Fsp3) is 0.440. The summed E-state index contributed by atoms with van der Waals surface area (Å²) in [5, 5.41) is 2.80. The number of piperazine rings is 1. The van der Waals surface area contributed by atoms with Crippen LogP contribution in [0.2, 0.25) is 0 Å². The molecule has 2 fully saturated rings. The van der Waals surface area contributed by atoms with Gasteiger partial charge in [-0.05, 0) is 55.8 Å². The lowest BCUT2D eigenvalue weighted by atomic mass is 9.95. The molecule has 2 amide bonds. The number of nitrogens with one attached hydrogen (secondary N) is 1. The van der Waals surface area contributed by atoms with E-state index in [4.69, 9.17) is 0 Å². The van der Waals surface area contributed by atoms with Crippen LogP contribution < -0.4 is 5.32 Å². The van der Waals surface area contributed by atoms with E-state index in [1.54, 1.807) is 12.1 Å².